The van der Waals surface area contributed by atoms with Crippen molar-refractivity contribution in [2.75, 3.05) is 13.2 Å². The summed E-state index contributed by atoms with van der Waals surface area (Å²) in [5.41, 5.74) is 0.688. The SMILES string of the molecule is CC(NCC1CCCC1CO)c1cc(Br)ccc1F. The first kappa shape index (κ1) is 14.9. The number of aliphatic hydroxyl groups is 1. The van der Waals surface area contributed by atoms with Crippen molar-refractivity contribution < 1.29 is 9.50 Å². The van der Waals surface area contributed by atoms with Crippen molar-refractivity contribution in [3.63, 3.8) is 0 Å². The third kappa shape index (κ3) is 3.77. The maximum Gasteiger partial charge on any atom is 0.128 e. The van der Waals surface area contributed by atoms with Gasteiger partial charge in [-0.15, -0.1) is 0 Å². The summed E-state index contributed by atoms with van der Waals surface area (Å²) < 4.78 is 14.7. The molecule has 1 aromatic carbocycles. The van der Waals surface area contributed by atoms with Gasteiger partial charge in [-0.1, -0.05) is 22.4 Å². The smallest absolute Gasteiger partial charge is 0.128 e. The molecular formula is C15H21BrFNO. The van der Waals surface area contributed by atoms with Crippen LogP contribution in [0.3, 0.4) is 0 Å². The molecule has 1 saturated carbocycles. The Morgan fingerprint density at radius 2 is 2.16 bits per heavy atom. The average Bonchev–Trinajstić information content (AvgIpc) is 2.86. The summed E-state index contributed by atoms with van der Waals surface area (Å²) in [6.45, 7) is 3.10. The monoisotopic (exact) mass is 329 g/mol. The summed E-state index contributed by atoms with van der Waals surface area (Å²) in [5, 5.41) is 12.7. The molecule has 1 fully saturated rings. The van der Waals surface area contributed by atoms with Crippen LogP contribution in [0.15, 0.2) is 22.7 Å². The van der Waals surface area contributed by atoms with Gasteiger partial charge >= 0.3 is 0 Å². The average molecular weight is 330 g/mol. The van der Waals surface area contributed by atoms with E-state index in [9.17, 15) is 9.50 Å². The van der Waals surface area contributed by atoms with E-state index < -0.39 is 0 Å². The summed E-state index contributed by atoms with van der Waals surface area (Å²) in [5.74, 6) is 0.753. The molecule has 19 heavy (non-hydrogen) atoms. The van der Waals surface area contributed by atoms with E-state index in [1.54, 1.807) is 6.07 Å². The summed E-state index contributed by atoms with van der Waals surface area (Å²) in [4.78, 5) is 0. The molecule has 4 heteroatoms. The van der Waals surface area contributed by atoms with Gasteiger partial charge in [-0.25, -0.2) is 4.39 Å². The fourth-order valence-electron chi connectivity index (χ4n) is 2.91. The second-order valence-corrected chi connectivity index (χ2v) is 6.35. The van der Waals surface area contributed by atoms with Crippen LogP contribution in [0.4, 0.5) is 4.39 Å². The zero-order valence-corrected chi connectivity index (χ0v) is 12.8. The van der Waals surface area contributed by atoms with Gasteiger partial charge in [0.25, 0.3) is 0 Å². The first-order valence-electron chi connectivity index (χ1n) is 6.91. The largest absolute Gasteiger partial charge is 0.396 e. The standard InChI is InChI=1S/C15H21BrFNO/c1-10(14-7-13(16)5-6-15(14)17)18-8-11-3-2-4-12(11)9-19/h5-7,10-12,18-19H,2-4,8-9H2,1H3. The molecule has 2 N–H and O–H groups in total. The van der Waals surface area contributed by atoms with E-state index in [4.69, 9.17) is 0 Å². The van der Waals surface area contributed by atoms with Gasteiger partial charge in [0.1, 0.15) is 5.82 Å². The van der Waals surface area contributed by atoms with Crippen LogP contribution in [0, 0.1) is 17.7 Å². The lowest BCUT2D eigenvalue weighted by Gasteiger charge is -2.22. The van der Waals surface area contributed by atoms with Crippen LogP contribution < -0.4 is 5.32 Å². The van der Waals surface area contributed by atoms with Gasteiger partial charge in [-0.05, 0) is 56.3 Å². The minimum absolute atomic E-state index is 0.0163. The Morgan fingerprint density at radius 3 is 2.89 bits per heavy atom. The minimum Gasteiger partial charge on any atom is -0.396 e. The zero-order valence-electron chi connectivity index (χ0n) is 11.2. The summed E-state index contributed by atoms with van der Waals surface area (Å²) in [7, 11) is 0. The molecule has 0 spiro atoms. The lowest BCUT2D eigenvalue weighted by molar-refractivity contribution is 0.190. The van der Waals surface area contributed by atoms with Crippen LogP contribution in [-0.4, -0.2) is 18.3 Å². The number of aliphatic hydroxyl groups excluding tert-OH is 1. The lowest BCUT2D eigenvalue weighted by atomic mass is 9.96. The Kier molecular flexibility index (Phi) is 5.37. The molecular weight excluding hydrogens is 309 g/mol. The molecule has 0 bridgehead atoms. The second-order valence-electron chi connectivity index (χ2n) is 5.43. The van der Waals surface area contributed by atoms with E-state index in [1.807, 2.05) is 13.0 Å². The van der Waals surface area contributed by atoms with Crippen molar-refractivity contribution in [1.29, 1.82) is 0 Å². The lowest BCUT2D eigenvalue weighted by Crippen LogP contribution is -2.29. The van der Waals surface area contributed by atoms with Gasteiger partial charge in [0, 0.05) is 22.7 Å². The summed E-state index contributed by atoms with van der Waals surface area (Å²) in [6.07, 6.45) is 3.46. The van der Waals surface area contributed by atoms with Crippen molar-refractivity contribution in [1.82, 2.24) is 5.32 Å². The van der Waals surface area contributed by atoms with E-state index in [0.29, 0.717) is 17.4 Å². The molecule has 2 rings (SSSR count). The molecule has 0 aliphatic heterocycles. The van der Waals surface area contributed by atoms with Gasteiger partial charge in [0.15, 0.2) is 0 Å². The number of nitrogens with one attached hydrogen (secondary N) is 1. The molecule has 1 aliphatic carbocycles. The molecule has 2 nitrogen and oxygen atoms in total. The van der Waals surface area contributed by atoms with Crippen LogP contribution in [0.1, 0.15) is 37.8 Å². The predicted molar refractivity (Wildman–Crippen MR) is 78.4 cm³/mol. The zero-order chi connectivity index (χ0) is 13.8. The number of benzene rings is 1. The molecule has 1 aromatic rings. The van der Waals surface area contributed by atoms with E-state index in [2.05, 4.69) is 21.2 Å². The Balaban J connectivity index is 1.93. The van der Waals surface area contributed by atoms with E-state index in [0.717, 1.165) is 23.9 Å². The van der Waals surface area contributed by atoms with Gasteiger partial charge < -0.3 is 10.4 Å². The van der Waals surface area contributed by atoms with Gasteiger partial charge in [0.05, 0.1) is 0 Å². The van der Waals surface area contributed by atoms with Gasteiger partial charge in [-0.3, -0.25) is 0 Å². The highest BCUT2D eigenvalue weighted by molar-refractivity contribution is 9.10. The van der Waals surface area contributed by atoms with Gasteiger partial charge in [-0.2, -0.15) is 0 Å². The van der Waals surface area contributed by atoms with Crippen molar-refractivity contribution in [3.05, 3.63) is 34.1 Å². The first-order valence-corrected chi connectivity index (χ1v) is 7.70. The van der Waals surface area contributed by atoms with E-state index in [-0.39, 0.29) is 18.5 Å². The quantitative estimate of drug-likeness (QED) is 0.864. The van der Waals surface area contributed by atoms with Crippen LogP contribution >= 0.6 is 15.9 Å². The molecule has 106 valence electrons. The van der Waals surface area contributed by atoms with Crippen molar-refractivity contribution in [2.24, 2.45) is 11.8 Å². The molecule has 0 heterocycles. The minimum atomic E-state index is -0.173. The van der Waals surface area contributed by atoms with E-state index >= 15 is 0 Å². The molecule has 1 aliphatic rings. The topological polar surface area (TPSA) is 32.3 Å². The van der Waals surface area contributed by atoms with Crippen LogP contribution in [0.5, 0.6) is 0 Å². The Morgan fingerprint density at radius 1 is 1.42 bits per heavy atom. The molecule has 0 radical (unpaired) electrons. The van der Waals surface area contributed by atoms with Crippen LogP contribution in [0.25, 0.3) is 0 Å². The highest BCUT2D eigenvalue weighted by Crippen LogP contribution is 2.31. The summed E-state index contributed by atoms with van der Waals surface area (Å²) in [6, 6.07) is 5.01. The Labute approximate surface area is 122 Å². The van der Waals surface area contributed by atoms with Crippen molar-refractivity contribution in [3.8, 4) is 0 Å². The Hall–Kier alpha value is -0.450. The number of halogens is 2. The maximum absolute atomic E-state index is 13.8. The van der Waals surface area contributed by atoms with Crippen LogP contribution in [-0.2, 0) is 0 Å². The van der Waals surface area contributed by atoms with Crippen molar-refractivity contribution in [2.45, 2.75) is 32.2 Å². The fourth-order valence-corrected chi connectivity index (χ4v) is 3.29. The number of hydrogen-bond acceptors (Lipinski definition) is 2. The highest BCUT2D eigenvalue weighted by atomic mass is 79.9. The first-order chi connectivity index (χ1) is 9.11. The van der Waals surface area contributed by atoms with E-state index in [1.165, 1.54) is 12.5 Å². The normalized spacial score (nSPS) is 24.6. The molecule has 3 unspecified atom stereocenters. The maximum atomic E-state index is 13.8. The molecule has 3 atom stereocenters. The van der Waals surface area contributed by atoms with Gasteiger partial charge in [0.2, 0.25) is 0 Å². The summed E-state index contributed by atoms with van der Waals surface area (Å²) >= 11 is 3.38. The fraction of sp³-hybridized carbons (Fsp3) is 0.600. The molecule has 0 amide bonds. The third-order valence-corrected chi connectivity index (χ3v) is 4.66. The predicted octanol–water partition coefficient (Wildman–Crippen LogP) is 3.65. The van der Waals surface area contributed by atoms with Crippen LogP contribution in [0.2, 0.25) is 0 Å². The number of rotatable bonds is 5. The Bertz CT molecular complexity index is 427. The number of hydrogen-bond donors (Lipinski definition) is 2. The highest BCUT2D eigenvalue weighted by Gasteiger charge is 2.26. The molecule has 0 aromatic heterocycles. The van der Waals surface area contributed by atoms with Crippen molar-refractivity contribution >= 4 is 15.9 Å². The second kappa shape index (κ2) is 6.82. The molecule has 0 saturated heterocycles. The third-order valence-electron chi connectivity index (χ3n) is 4.16.